The third-order valence-electron chi connectivity index (χ3n) is 2.93. The molecule has 0 spiro atoms. The highest BCUT2D eigenvalue weighted by Crippen LogP contribution is 2.30. The summed E-state index contributed by atoms with van der Waals surface area (Å²) in [7, 11) is 1.84. The average molecular weight is 464 g/mol. The molecule has 0 aliphatic heterocycles. The Bertz CT molecular complexity index is 662. The number of nitrogens with one attached hydrogen (secondary N) is 1. The summed E-state index contributed by atoms with van der Waals surface area (Å²) in [5.74, 6) is 1.62. The molecule has 1 heterocycles. The van der Waals surface area contributed by atoms with Crippen LogP contribution in [0, 0.1) is 15.3 Å². The van der Waals surface area contributed by atoms with Gasteiger partial charge in [-0.15, -0.1) is 0 Å². The molecule has 1 N–H and O–H groups in total. The van der Waals surface area contributed by atoms with Crippen LogP contribution in [0.15, 0.2) is 22.7 Å². The number of benzene rings is 1. The van der Waals surface area contributed by atoms with Crippen molar-refractivity contribution in [3.63, 3.8) is 0 Å². The van der Waals surface area contributed by atoms with Gasteiger partial charge in [0, 0.05) is 17.1 Å². The standard InChI is InChI=1S/C15H16BrFIN3/c1-8(2)6-12-13(18)15(19-3)21-14(20-12)10-5-4-9(17)7-11(10)16/h4-5,7-8H,6H2,1-3H3,(H,19,20,21). The van der Waals surface area contributed by atoms with Crippen molar-refractivity contribution in [3.05, 3.63) is 37.8 Å². The molecular weight excluding hydrogens is 448 g/mol. The predicted molar refractivity (Wildman–Crippen MR) is 95.9 cm³/mol. The van der Waals surface area contributed by atoms with E-state index in [1.165, 1.54) is 12.1 Å². The van der Waals surface area contributed by atoms with Gasteiger partial charge in [-0.05, 0) is 69.1 Å². The molecule has 1 aromatic carbocycles. The molecule has 2 rings (SSSR count). The third-order valence-corrected chi connectivity index (χ3v) is 4.72. The van der Waals surface area contributed by atoms with Gasteiger partial charge in [0.2, 0.25) is 0 Å². The first-order chi connectivity index (χ1) is 9.92. The van der Waals surface area contributed by atoms with Crippen molar-refractivity contribution in [2.24, 2.45) is 5.92 Å². The summed E-state index contributed by atoms with van der Waals surface area (Å²) < 4.78 is 14.9. The fourth-order valence-electron chi connectivity index (χ4n) is 1.97. The summed E-state index contributed by atoms with van der Waals surface area (Å²) in [6.07, 6.45) is 0.876. The Morgan fingerprint density at radius 2 is 2.05 bits per heavy atom. The lowest BCUT2D eigenvalue weighted by Crippen LogP contribution is -2.08. The SMILES string of the molecule is CNc1nc(-c2ccc(F)cc2Br)nc(CC(C)C)c1I. The van der Waals surface area contributed by atoms with E-state index in [1.54, 1.807) is 6.07 Å². The highest BCUT2D eigenvalue weighted by Gasteiger charge is 2.15. The summed E-state index contributed by atoms with van der Waals surface area (Å²) in [6.45, 7) is 4.31. The van der Waals surface area contributed by atoms with E-state index in [0.29, 0.717) is 16.2 Å². The van der Waals surface area contributed by atoms with Crippen LogP contribution in [-0.4, -0.2) is 17.0 Å². The second kappa shape index (κ2) is 7.00. The van der Waals surface area contributed by atoms with E-state index in [9.17, 15) is 4.39 Å². The minimum Gasteiger partial charge on any atom is -0.372 e. The van der Waals surface area contributed by atoms with E-state index >= 15 is 0 Å². The van der Waals surface area contributed by atoms with Crippen LogP contribution in [0.4, 0.5) is 10.2 Å². The molecule has 0 bridgehead atoms. The lowest BCUT2D eigenvalue weighted by Gasteiger charge is -2.13. The first-order valence-corrected chi connectivity index (χ1v) is 8.49. The van der Waals surface area contributed by atoms with E-state index in [4.69, 9.17) is 0 Å². The molecule has 112 valence electrons. The van der Waals surface area contributed by atoms with Gasteiger partial charge in [-0.25, -0.2) is 14.4 Å². The second-order valence-electron chi connectivity index (χ2n) is 5.13. The van der Waals surface area contributed by atoms with Crippen molar-refractivity contribution in [2.75, 3.05) is 12.4 Å². The minimum absolute atomic E-state index is 0.285. The van der Waals surface area contributed by atoms with Crippen LogP contribution in [0.5, 0.6) is 0 Å². The molecule has 0 unspecified atom stereocenters. The van der Waals surface area contributed by atoms with Crippen LogP contribution in [0.3, 0.4) is 0 Å². The number of hydrogen-bond acceptors (Lipinski definition) is 3. The predicted octanol–water partition coefficient (Wildman–Crippen LogP) is 4.89. The van der Waals surface area contributed by atoms with Crippen LogP contribution in [0.1, 0.15) is 19.5 Å². The first-order valence-electron chi connectivity index (χ1n) is 6.62. The van der Waals surface area contributed by atoms with Crippen molar-refractivity contribution in [2.45, 2.75) is 20.3 Å². The number of nitrogens with zero attached hydrogens (tertiary/aromatic N) is 2. The quantitative estimate of drug-likeness (QED) is 0.656. The number of rotatable bonds is 4. The molecule has 1 aromatic heterocycles. The van der Waals surface area contributed by atoms with Crippen LogP contribution in [0.25, 0.3) is 11.4 Å². The molecule has 6 heteroatoms. The van der Waals surface area contributed by atoms with E-state index in [0.717, 1.165) is 27.1 Å². The largest absolute Gasteiger partial charge is 0.372 e. The van der Waals surface area contributed by atoms with Crippen molar-refractivity contribution >= 4 is 44.3 Å². The maximum atomic E-state index is 13.2. The molecule has 0 saturated carbocycles. The molecule has 2 aromatic rings. The maximum absolute atomic E-state index is 13.2. The van der Waals surface area contributed by atoms with Gasteiger partial charge in [0.05, 0.1) is 9.26 Å². The summed E-state index contributed by atoms with van der Waals surface area (Å²) in [6, 6.07) is 4.54. The van der Waals surface area contributed by atoms with Gasteiger partial charge in [-0.3, -0.25) is 0 Å². The molecule has 3 nitrogen and oxygen atoms in total. The van der Waals surface area contributed by atoms with Crippen molar-refractivity contribution in [3.8, 4) is 11.4 Å². The van der Waals surface area contributed by atoms with Gasteiger partial charge < -0.3 is 5.32 Å². The van der Waals surface area contributed by atoms with Gasteiger partial charge in [-0.1, -0.05) is 13.8 Å². The van der Waals surface area contributed by atoms with E-state index in [1.807, 2.05) is 7.05 Å². The fraction of sp³-hybridized carbons (Fsp3) is 0.333. The fourth-order valence-corrected chi connectivity index (χ4v) is 3.23. The number of aromatic nitrogens is 2. The Morgan fingerprint density at radius 3 is 2.62 bits per heavy atom. The van der Waals surface area contributed by atoms with Gasteiger partial charge in [-0.2, -0.15) is 0 Å². The smallest absolute Gasteiger partial charge is 0.162 e. The number of anilines is 1. The topological polar surface area (TPSA) is 37.8 Å². The molecule has 21 heavy (non-hydrogen) atoms. The Hall–Kier alpha value is -0.760. The highest BCUT2D eigenvalue weighted by molar-refractivity contribution is 14.1. The zero-order chi connectivity index (χ0) is 15.6. The van der Waals surface area contributed by atoms with E-state index in [-0.39, 0.29) is 5.82 Å². The highest BCUT2D eigenvalue weighted by atomic mass is 127. The molecule has 0 atom stereocenters. The molecule has 0 aliphatic carbocycles. The molecule has 0 amide bonds. The first kappa shape index (κ1) is 16.6. The van der Waals surface area contributed by atoms with Crippen molar-refractivity contribution in [1.29, 1.82) is 0 Å². The minimum atomic E-state index is -0.285. The van der Waals surface area contributed by atoms with E-state index in [2.05, 4.69) is 67.7 Å². The summed E-state index contributed by atoms with van der Waals surface area (Å²) >= 11 is 5.65. The van der Waals surface area contributed by atoms with Crippen molar-refractivity contribution < 1.29 is 4.39 Å². The molecule has 0 saturated heterocycles. The number of hydrogen-bond donors (Lipinski definition) is 1. The lowest BCUT2D eigenvalue weighted by atomic mass is 10.1. The van der Waals surface area contributed by atoms with Crippen LogP contribution in [-0.2, 0) is 6.42 Å². The zero-order valence-corrected chi connectivity index (χ0v) is 15.8. The van der Waals surface area contributed by atoms with Crippen LogP contribution in [0.2, 0.25) is 0 Å². The molecule has 0 radical (unpaired) electrons. The van der Waals surface area contributed by atoms with Gasteiger partial charge in [0.15, 0.2) is 5.82 Å². The van der Waals surface area contributed by atoms with Crippen LogP contribution < -0.4 is 5.32 Å². The van der Waals surface area contributed by atoms with E-state index < -0.39 is 0 Å². The Balaban J connectivity index is 2.58. The monoisotopic (exact) mass is 463 g/mol. The third kappa shape index (κ3) is 3.91. The molecule has 0 fully saturated rings. The molecule has 0 aliphatic rings. The Morgan fingerprint density at radius 1 is 1.33 bits per heavy atom. The van der Waals surface area contributed by atoms with Gasteiger partial charge in [0.25, 0.3) is 0 Å². The maximum Gasteiger partial charge on any atom is 0.162 e. The molecular formula is C15H16BrFIN3. The van der Waals surface area contributed by atoms with Crippen LogP contribution >= 0.6 is 38.5 Å². The average Bonchev–Trinajstić information content (AvgIpc) is 2.41. The number of halogens is 3. The van der Waals surface area contributed by atoms with Gasteiger partial charge in [0.1, 0.15) is 11.6 Å². The van der Waals surface area contributed by atoms with Crippen molar-refractivity contribution in [1.82, 2.24) is 9.97 Å². The Kier molecular flexibility index (Phi) is 5.54. The summed E-state index contributed by atoms with van der Waals surface area (Å²) in [4.78, 5) is 9.21. The second-order valence-corrected chi connectivity index (χ2v) is 7.06. The lowest BCUT2D eigenvalue weighted by molar-refractivity contribution is 0.627. The summed E-state index contributed by atoms with van der Waals surface area (Å²) in [5.41, 5.74) is 1.80. The van der Waals surface area contributed by atoms with Gasteiger partial charge >= 0.3 is 0 Å². The zero-order valence-electron chi connectivity index (χ0n) is 12.0. The summed E-state index contributed by atoms with van der Waals surface area (Å²) in [5, 5.41) is 3.10. The Labute approximate surface area is 146 Å². The normalized spacial score (nSPS) is 11.0.